The second-order valence-corrected chi connectivity index (χ2v) is 4.22. The summed E-state index contributed by atoms with van der Waals surface area (Å²) in [4.78, 5) is 2.50. The van der Waals surface area contributed by atoms with Crippen molar-refractivity contribution >= 4 is 0 Å². The van der Waals surface area contributed by atoms with E-state index >= 15 is 0 Å². The number of aliphatic hydroxyl groups is 1. The average Bonchev–Trinajstić information content (AvgIpc) is 2.04. The minimum atomic E-state index is 0.173. The highest BCUT2D eigenvalue weighted by Crippen LogP contribution is 2.37. The summed E-state index contributed by atoms with van der Waals surface area (Å²) in [7, 11) is 0. The van der Waals surface area contributed by atoms with Gasteiger partial charge in [-0.3, -0.25) is 4.90 Å². The lowest BCUT2D eigenvalue weighted by Crippen LogP contribution is -2.56. The molecule has 0 saturated heterocycles. The van der Waals surface area contributed by atoms with E-state index in [4.69, 9.17) is 0 Å². The fourth-order valence-electron chi connectivity index (χ4n) is 2.29. The van der Waals surface area contributed by atoms with Crippen LogP contribution in [0.5, 0.6) is 0 Å². The van der Waals surface area contributed by atoms with E-state index in [0.717, 1.165) is 13.1 Å². The Bertz CT molecular complexity index is 132. The predicted octanol–water partition coefficient (Wildman–Crippen LogP) is 2.02. The molecule has 0 atom stereocenters. The van der Waals surface area contributed by atoms with E-state index in [2.05, 4.69) is 18.7 Å². The fraction of sp³-hybridized carbons (Fsp3) is 1.00. The second kappa shape index (κ2) is 4.97. The van der Waals surface area contributed by atoms with Crippen LogP contribution in [0.4, 0.5) is 0 Å². The molecule has 1 fully saturated rings. The van der Waals surface area contributed by atoms with Gasteiger partial charge in [0.1, 0.15) is 0 Å². The summed E-state index contributed by atoms with van der Waals surface area (Å²) in [6.07, 6.45) is 6.08. The van der Waals surface area contributed by atoms with Crippen LogP contribution in [0.1, 0.15) is 46.0 Å². The lowest BCUT2D eigenvalue weighted by molar-refractivity contribution is -0.0291. The van der Waals surface area contributed by atoms with Crippen molar-refractivity contribution in [3.05, 3.63) is 0 Å². The standard InChI is InChI=1S/C11H23NO/c1-3-8-12(9-4-2)11(10-13)6-5-7-11/h13H,3-10H2,1-2H3. The van der Waals surface area contributed by atoms with Crippen molar-refractivity contribution < 1.29 is 5.11 Å². The molecule has 78 valence electrons. The molecule has 0 aromatic carbocycles. The van der Waals surface area contributed by atoms with Gasteiger partial charge in [0.15, 0.2) is 0 Å². The van der Waals surface area contributed by atoms with E-state index < -0.39 is 0 Å². The minimum Gasteiger partial charge on any atom is -0.394 e. The maximum Gasteiger partial charge on any atom is 0.0615 e. The van der Waals surface area contributed by atoms with Crippen molar-refractivity contribution in [3.8, 4) is 0 Å². The lowest BCUT2D eigenvalue weighted by atomic mass is 9.75. The number of nitrogens with zero attached hydrogens (tertiary/aromatic N) is 1. The van der Waals surface area contributed by atoms with Gasteiger partial charge < -0.3 is 5.11 Å². The maximum atomic E-state index is 9.42. The quantitative estimate of drug-likeness (QED) is 0.684. The van der Waals surface area contributed by atoms with Crippen molar-refractivity contribution in [2.75, 3.05) is 19.7 Å². The molecule has 0 amide bonds. The molecule has 0 heterocycles. The lowest BCUT2D eigenvalue weighted by Gasteiger charge is -2.49. The normalized spacial score (nSPS) is 20.3. The van der Waals surface area contributed by atoms with Crippen molar-refractivity contribution in [2.45, 2.75) is 51.5 Å². The Hall–Kier alpha value is -0.0800. The fourth-order valence-corrected chi connectivity index (χ4v) is 2.29. The van der Waals surface area contributed by atoms with Crippen molar-refractivity contribution in [1.29, 1.82) is 0 Å². The SMILES string of the molecule is CCCN(CCC)C1(CO)CCC1. The molecule has 0 bridgehead atoms. The van der Waals surface area contributed by atoms with Gasteiger partial charge in [-0.05, 0) is 45.2 Å². The summed E-state index contributed by atoms with van der Waals surface area (Å²) in [5, 5.41) is 9.42. The molecule has 0 spiro atoms. The van der Waals surface area contributed by atoms with Crippen LogP contribution in [0, 0.1) is 0 Å². The van der Waals surface area contributed by atoms with Crippen molar-refractivity contribution in [2.24, 2.45) is 0 Å². The molecule has 0 unspecified atom stereocenters. The first-order valence-corrected chi connectivity index (χ1v) is 5.65. The van der Waals surface area contributed by atoms with Crippen LogP contribution < -0.4 is 0 Å². The second-order valence-electron chi connectivity index (χ2n) is 4.22. The Morgan fingerprint density at radius 3 is 1.92 bits per heavy atom. The van der Waals surface area contributed by atoms with Crippen LogP contribution in [0.2, 0.25) is 0 Å². The van der Waals surface area contributed by atoms with E-state index in [0.29, 0.717) is 6.61 Å². The highest BCUT2D eigenvalue weighted by Gasteiger charge is 2.40. The van der Waals surface area contributed by atoms with Gasteiger partial charge in [-0.25, -0.2) is 0 Å². The van der Waals surface area contributed by atoms with Gasteiger partial charge in [0, 0.05) is 5.54 Å². The topological polar surface area (TPSA) is 23.5 Å². The Balaban J connectivity index is 2.49. The van der Waals surface area contributed by atoms with E-state index in [9.17, 15) is 5.11 Å². The maximum absolute atomic E-state index is 9.42. The average molecular weight is 185 g/mol. The molecule has 1 saturated carbocycles. The number of rotatable bonds is 6. The molecule has 0 aromatic rings. The molecule has 1 N–H and O–H groups in total. The zero-order chi connectivity index (χ0) is 9.73. The highest BCUT2D eigenvalue weighted by atomic mass is 16.3. The molecular formula is C11H23NO. The molecule has 1 rings (SSSR count). The van der Waals surface area contributed by atoms with Crippen LogP contribution >= 0.6 is 0 Å². The summed E-state index contributed by atoms with van der Waals surface area (Å²) >= 11 is 0. The monoisotopic (exact) mass is 185 g/mol. The smallest absolute Gasteiger partial charge is 0.0615 e. The summed E-state index contributed by atoms with van der Waals surface area (Å²) in [6, 6.07) is 0. The predicted molar refractivity (Wildman–Crippen MR) is 55.8 cm³/mol. The Kier molecular flexibility index (Phi) is 4.20. The third-order valence-corrected chi connectivity index (χ3v) is 3.24. The first-order chi connectivity index (χ1) is 6.29. The molecule has 13 heavy (non-hydrogen) atoms. The first-order valence-electron chi connectivity index (χ1n) is 5.65. The van der Waals surface area contributed by atoms with Gasteiger partial charge in [-0.2, -0.15) is 0 Å². The zero-order valence-electron chi connectivity index (χ0n) is 9.05. The molecular weight excluding hydrogens is 162 g/mol. The Morgan fingerprint density at radius 2 is 1.69 bits per heavy atom. The molecule has 0 radical (unpaired) electrons. The van der Waals surface area contributed by atoms with Crippen molar-refractivity contribution in [3.63, 3.8) is 0 Å². The van der Waals surface area contributed by atoms with Gasteiger partial charge in [-0.15, -0.1) is 0 Å². The van der Waals surface area contributed by atoms with Gasteiger partial charge in [0.05, 0.1) is 6.61 Å². The molecule has 2 heteroatoms. The molecule has 1 aliphatic rings. The zero-order valence-corrected chi connectivity index (χ0v) is 9.05. The molecule has 0 aliphatic heterocycles. The number of hydrogen-bond donors (Lipinski definition) is 1. The Morgan fingerprint density at radius 1 is 1.15 bits per heavy atom. The van der Waals surface area contributed by atoms with Crippen LogP contribution in [0.15, 0.2) is 0 Å². The minimum absolute atomic E-state index is 0.173. The Labute approximate surface area is 81.9 Å². The number of hydrogen-bond acceptors (Lipinski definition) is 2. The van der Waals surface area contributed by atoms with Crippen LogP contribution in [-0.4, -0.2) is 35.2 Å². The van der Waals surface area contributed by atoms with Gasteiger partial charge in [0.2, 0.25) is 0 Å². The van der Waals surface area contributed by atoms with Gasteiger partial charge in [0.25, 0.3) is 0 Å². The van der Waals surface area contributed by atoms with Crippen molar-refractivity contribution in [1.82, 2.24) is 4.90 Å². The number of aliphatic hydroxyl groups excluding tert-OH is 1. The van der Waals surface area contributed by atoms with E-state index in [1.807, 2.05) is 0 Å². The summed E-state index contributed by atoms with van der Waals surface area (Å²) in [5.74, 6) is 0. The van der Waals surface area contributed by atoms with Crippen LogP contribution in [0.25, 0.3) is 0 Å². The third-order valence-electron chi connectivity index (χ3n) is 3.24. The summed E-state index contributed by atoms with van der Waals surface area (Å²) in [6.45, 7) is 7.08. The first kappa shape index (κ1) is 11.0. The van der Waals surface area contributed by atoms with Crippen LogP contribution in [0.3, 0.4) is 0 Å². The van der Waals surface area contributed by atoms with Gasteiger partial charge >= 0.3 is 0 Å². The van der Waals surface area contributed by atoms with Gasteiger partial charge in [-0.1, -0.05) is 13.8 Å². The van der Waals surface area contributed by atoms with Crippen LogP contribution in [-0.2, 0) is 0 Å². The molecule has 0 aromatic heterocycles. The molecule has 2 nitrogen and oxygen atoms in total. The molecule has 1 aliphatic carbocycles. The highest BCUT2D eigenvalue weighted by molar-refractivity contribution is 4.97. The summed E-state index contributed by atoms with van der Waals surface area (Å²) < 4.78 is 0. The third kappa shape index (κ3) is 2.23. The van der Waals surface area contributed by atoms with E-state index in [1.54, 1.807) is 0 Å². The van der Waals surface area contributed by atoms with E-state index in [-0.39, 0.29) is 5.54 Å². The van der Waals surface area contributed by atoms with E-state index in [1.165, 1.54) is 32.1 Å². The largest absolute Gasteiger partial charge is 0.394 e. The summed E-state index contributed by atoms with van der Waals surface area (Å²) in [5.41, 5.74) is 0.173.